The van der Waals surface area contributed by atoms with Gasteiger partial charge in [-0.1, -0.05) is 56.8 Å². The van der Waals surface area contributed by atoms with Crippen LogP contribution in [-0.4, -0.2) is 31.4 Å². The van der Waals surface area contributed by atoms with Crippen LogP contribution in [0.1, 0.15) is 32.1 Å². The topological polar surface area (TPSA) is 85.8 Å². The molecule has 0 saturated heterocycles. The minimum atomic E-state index is -0.136. The van der Waals surface area contributed by atoms with Gasteiger partial charge in [0.2, 0.25) is 5.91 Å². The van der Waals surface area contributed by atoms with Gasteiger partial charge in [-0.25, -0.2) is 4.98 Å². The standard InChI is InChI=1S/C23H25N5O2S2/c1-14-17(10-11-30-14)20-26-27-22(28(20)5)32-13-19(29)25-21-24-18(12-31-21)15-6-8-16(9-7-15)23(2,3)4/h6-12H,13H2,1-5H3,(H,24,25,29). The number of amides is 1. The van der Waals surface area contributed by atoms with Crippen LogP contribution in [0, 0.1) is 6.92 Å². The van der Waals surface area contributed by atoms with Crippen LogP contribution < -0.4 is 5.32 Å². The fraction of sp³-hybridized carbons (Fsp3) is 0.304. The number of furan rings is 1. The molecule has 0 saturated carbocycles. The molecule has 0 aliphatic heterocycles. The van der Waals surface area contributed by atoms with E-state index in [1.54, 1.807) is 6.26 Å². The maximum Gasteiger partial charge on any atom is 0.236 e. The molecule has 1 amide bonds. The molecule has 0 radical (unpaired) electrons. The predicted molar refractivity (Wildman–Crippen MR) is 129 cm³/mol. The highest BCUT2D eigenvalue weighted by Crippen LogP contribution is 2.29. The SMILES string of the molecule is Cc1occc1-c1nnc(SCC(=O)Nc2nc(-c3ccc(C(C)(C)C)cc3)cs2)n1C. The summed E-state index contributed by atoms with van der Waals surface area (Å²) in [5.41, 5.74) is 4.16. The van der Waals surface area contributed by atoms with Crippen molar-refractivity contribution in [2.24, 2.45) is 7.05 Å². The lowest BCUT2D eigenvalue weighted by atomic mass is 9.86. The van der Waals surface area contributed by atoms with Crippen LogP contribution in [0.5, 0.6) is 0 Å². The lowest BCUT2D eigenvalue weighted by molar-refractivity contribution is -0.113. The van der Waals surface area contributed by atoms with Gasteiger partial charge in [0, 0.05) is 18.0 Å². The van der Waals surface area contributed by atoms with Gasteiger partial charge in [-0.2, -0.15) is 0 Å². The first-order chi connectivity index (χ1) is 15.2. The quantitative estimate of drug-likeness (QED) is 0.375. The third-order valence-electron chi connectivity index (χ3n) is 5.06. The Hall–Kier alpha value is -2.91. The van der Waals surface area contributed by atoms with Crippen LogP contribution in [0.3, 0.4) is 0 Å². The van der Waals surface area contributed by atoms with Gasteiger partial charge in [0.05, 0.1) is 23.3 Å². The highest BCUT2D eigenvalue weighted by Gasteiger charge is 2.17. The molecule has 9 heteroatoms. The molecular formula is C23H25N5O2S2. The van der Waals surface area contributed by atoms with Crippen molar-refractivity contribution in [3.8, 4) is 22.6 Å². The summed E-state index contributed by atoms with van der Waals surface area (Å²) < 4.78 is 7.20. The summed E-state index contributed by atoms with van der Waals surface area (Å²) in [4.78, 5) is 17.0. The van der Waals surface area contributed by atoms with E-state index >= 15 is 0 Å². The second-order valence-corrected chi connectivity index (χ2v) is 10.3. The third-order valence-corrected chi connectivity index (χ3v) is 6.84. The highest BCUT2D eigenvalue weighted by atomic mass is 32.2. The van der Waals surface area contributed by atoms with Crippen LogP contribution in [0.2, 0.25) is 0 Å². The van der Waals surface area contributed by atoms with E-state index in [1.807, 2.05) is 30.0 Å². The molecule has 0 aliphatic carbocycles. The molecule has 0 unspecified atom stereocenters. The van der Waals surface area contributed by atoms with Crippen LogP contribution in [0.25, 0.3) is 22.6 Å². The van der Waals surface area contributed by atoms with Crippen molar-refractivity contribution < 1.29 is 9.21 Å². The number of nitrogens with zero attached hydrogens (tertiary/aromatic N) is 4. The number of thiazole rings is 1. The maximum absolute atomic E-state index is 12.4. The van der Waals surface area contributed by atoms with Crippen molar-refractivity contribution in [3.05, 3.63) is 53.3 Å². The molecule has 0 atom stereocenters. The number of hydrogen-bond acceptors (Lipinski definition) is 7. The Balaban J connectivity index is 1.36. The lowest BCUT2D eigenvalue weighted by Crippen LogP contribution is -2.14. The summed E-state index contributed by atoms with van der Waals surface area (Å²) >= 11 is 2.74. The first kappa shape index (κ1) is 22.3. The molecule has 3 heterocycles. The van der Waals surface area contributed by atoms with Crippen LogP contribution in [-0.2, 0) is 17.3 Å². The summed E-state index contributed by atoms with van der Waals surface area (Å²) in [5, 5.41) is 14.5. The van der Waals surface area contributed by atoms with E-state index in [4.69, 9.17) is 4.42 Å². The number of aromatic nitrogens is 4. The van der Waals surface area contributed by atoms with Gasteiger partial charge in [0.1, 0.15) is 5.76 Å². The molecule has 0 fully saturated rings. The maximum atomic E-state index is 12.4. The van der Waals surface area contributed by atoms with Crippen molar-refractivity contribution >= 4 is 34.1 Å². The Morgan fingerprint density at radius 1 is 1.19 bits per heavy atom. The first-order valence-corrected chi connectivity index (χ1v) is 12.0. The zero-order valence-corrected chi connectivity index (χ0v) is 20.3. The minimum Gasteiger partial charge on any atom is -0.469 e. The summed E-state index contributed by atoms with van der Waals surface area (Å²) in [6.07, 6.45) is 1.63. The number of carbonyl (C=O) groups is 1. The summed E-state index contributed by atoms with van der Waals surface area (Å²) in [6.45, 7) is 8.45. The largest absolute Gasteiger partial charge is 0.469 e. The zero-order valence-electron chi connectivity index (χ0n) is 18.7. The fourth-order valence-corrected chi connectivity index (χ4v) is 4.63. The molecule has 166 valence electrons. The van der Waals surface area contributed by atoms with E-state index in [9.17, 15) is 4.79 Å². The monoisotopic (exact) mass is 467 g/mol. The summed E-state index contributed by atoms with van der Waals surface area (Å²) in [6, 6.07) is 10.3. The van der Waals surface area contributed by atoms with Gasteiger partial charge in [-0.3, -0.25) is 4.79 Å². The van der Waals surface area contributed by atoms with Crippen molar-refractivity contribution in [1.82, 2.24) is 19.7 Å². The van der Waals surface area contributed by atoms with Gasteiger partial charge in [0.25, 0.3) is 0 Å². The van der Waals surface area contributed by atoms with Crippen molar-refractivity contribution in [3.63, 3.8) is 0 Å². The first-order valence-electron chi connectivity index (χ1n) is 10.2. The molecule has 4 rings (SSSR count). The molecule has 4 aromatic rings. The average Bonchev–Trinajstić information content (AvgIpc) is 3.46. The molecule has 1 aromatic carbocycles. The number of thioether (sulfide) groups is 1. The molecule has 3 aromatic heterocycles. The number of anilines is 1. The number of carbonyl (C=O) groups excluding carboxylic acids is 1. The zero-order chi connectivity index (χ0) is 22.9. The molecule has 7 nitrogen and oxygen atoms in total. The normalized spacial score (nSPS) is 11.7. The minimum absolute atomic E-state index is 0.109. The van der Waals surface area contributed by atoms with Gasteiger partial charge in [-0.15, -0.1) is 21.5 Å². The number of hydrogen-bond donors (Lipinski definition) is 1. The lowest BCUT2D eigenvalue weighted by Gasteiger charge is -2.18. The van der Waals surface area contributed by atoms with Crippen molar-refractivity contribution in [2.75, 3.05) is 11.1 Å². The Labute approximate surface area is 195 Å². The molecule has 32 heavy (non-hydrogen) atoms. The van der Waals surface area contributed by atoms with E-state index < -0.39 is 0 Å². The number of benzene rings is 1. The summed E-state index contributed by atoms with van der Waals surface area (Å²) in [7, 11) is 1.88. The summed E-state index contributed by atoms with van der Waals surface area (Å²) in [5.74, 6) is 1.57. The van der Waals surface area contributed by atoms with Crippen LogP contribution in [0.15, 0.2) is 51.5 Å². The second kappa shape index (κ2) is 8.91. The molecule has 0 bridgehead atoms. The van der Waals surface area contributed by atoms with Crippen molar-refractivity contribution in [2.45, 2.75) is 38.3 Å². The van der Waals surface area contributed by atoms with Crippen LogP contribution in [0.4, 0.5) is 5.13 Å². The van der Waals surface area contributed by atoms with Gasteiger partial charge < -0.3 is 14.3 Å². The fourth-order valence-electron chi connectivity index (χ4n) is 3.18. The number of nitrogens with one attached hydrogen (secondary N) is 1. The van der Waals surface area contributed by atoms with Gasteiger partial charge in [0.15, 0.2) is 16.1 Å². The molecule has 1 N–H and O–H groups in total. The third kappa shape index (κ3) is 4.78. The van der Waals surface area contributed by atoms with E-state index in [0.29, 0.717) is 16.1 Å². The Morgan fingerprint density at radius 3 is 2.59 bits per heavy atom. The van der Waals surface area contributed by atoms with E-state index in [1.165, 1.54) is 28.7 Å². The predicted octanol–water partition coefficient (Wildman–Crippen LogP) is 5.54. The Kier molecular flexibility index (Phi) is 6.21. The molecular weight excluding hydrogens is 442 g/mol. The second-order valence-electron chi connectivity index (χ2n) is 8.46. The van der Waals surface area contributed by atoms with Crippen LogP contribution >= 0.6 is 23.1 Å². The van der Waals surface area contributed by atoms with Gasteiger partial charge >= 0.3 is 0 Å². The van der Waals surface area contributed by atoms with E-state index in [0.717, 1.165) is 22.6 Å². The van der Waals surface area contributed by atoms with E-state index in [2.05, 4.69) is 65.5 Å². The Morgan fingerprint density at radius 2 is 1.94 bits per heavy atom. The van der Waals surface area contributed by atoms with Gasteiger partial charge in [-0.05, 0) is 24.0 Å². The molecule has 0 aliphatic rings. The Bertz CT molecular complexity index is 1230. The highest BCUT2D eigenvalue weighted by molar-refractivity contribution is 7.99. The number of aryl methyl sites for hydroxylation is 1. The number of rotatable bonds is 6. The van der Waals surface area contributed by atoms with Crippen molar-refractivity contribution in [1.29, 1.82) is 0 Å². The van der Waals surface area contributed by atoms with E-state index in [-0.39, 0.29) is 17.1 Å². The molecule has 0 spiro atoms. The smallest absolute Gasteiger partial charge is 0.236 e. The average molecular weight is 468 g/mol.